The quantitative estimate of drug-likeness (QED) is 0.894. The summed E-state index contributed by atoms with van der Waals surface area (Å²) < 4.78 is 5.84. The van der Waals surface area contributed by atoms with Gasteiger partial charge in [0, 0.05) is 12.0 Å². The molecule has 1 aromatic rings. The van der Waals surface area contributed by atoms with Crippen molar-refractivity contribution < 1.29 is 4.42 Å². The number of hydrogen-bond acceptors (Lipinski definition) is 4. The molecule has 1 aromatic heterocycles. The first-order valence-electron chi connectivity index (χ1n) is 6.86. The first-order valence-corrected chi connectivity index (χ1v) is 6.86. The first-order chi connectivity index (χ1) is 8.49. The lowest BCUT2D eigenvalue weighted by Gasteiger charge is -2.31. The van der Waals surface area contributed by atoms with Crippen LogP contribution in [-0.2, 0) is 12.0 Å². The van der Waals surface area contributed by atoms with Gasteiger partial charge in [0.2, 0.25) is 5.89 Å². The van der Waals surface area contributed by atoms with Crippen molar-refractivity contribution in [3.8, 4) is 0 Å². The average Bonchev–Trinajstić information content (AvgIpc) is 2.77. The summed E-state index contributed by atoms with van der Waals surface area (Å²) in [4.78, 5) is 6.79. The molecule has 1 atom stereocenters. The molecule has 2 heterocycles. The van der Waals surface area contributed by atoms with Crippen LogP contribution in [0.3, 0.4) is 0 Å². The van der Waals surface area contributed by atoms with Crippen LogP contribution in [0.15, 0.2) is 10.6 Å². The van der Waals surface area contributed by atoms with E-state index in [2.05, 4.69) is 30.7 Å². The van der Waals surface area contributed by atoms with Gasteiger partial charge >= 0.3 is 0 Å². The summed E-state index contributed by atoms with van der Waals surface area (Å²) in [5.74, 6) is 2.43. The molecule has 1 aliphatic rings. The summed E-state index contributed by atoms with van der Waals surface area (Å²) in [6.07, 6.45) is 4.35. The Balaban J connectivity index is 1.95. The Morgan fingerprint density at radius 1 is 1.50 bits per heavy atom. The highest BCUT2D eigenvalue weighted by atomic mass is 16.4. The second kappa shape index (κ2) is 5.41. The van der Waals surface area contributed by atoms with Crippen molar-refractivity contribution in [3.05, 3.63) is 17.8 Å². The third-order valence-electron chi connectivity index (χ3n) is 3.59. The van der Waals surface area contributed by atoms with Crippen molar-refractivity contribution in [1.82, 2.24) is 9.88 Å². The van der Waals surface area contributed by atoms with Crippen LogP contribution in [0, 0.1) is 5.92 Å². The van der Waals surface area contributed by atoms with Crippen molar-refractivity contribution >= 4 is 0 Å². The fraction of sp³-hybridized carbons (Fsp3) is 0.786. The van der Waals surface area contributed by atoms with Gasteiger partial charge in [-0.1, -0.05) is 20.8 Å². The Labute approximate surface area is 110 Å². The van der Waals surface area contributed by atoms with Crippen molar-refractivity contribution in [1.29, 1.82) is 0 Å². The SMILES string of the molecule is CC(C)(C)c1cnc(CN2CCCC(CN)C2)o1. The number of piperidine rings is 1. The van der Waals surface area contributed by atoms with E-state index < -0.39 is 0 Å². The molecule has 1 saturated heterocycles. The summed E-state index contributed by atoms with van der Waals surface area (Å²) in [6.45, 7) is 10.2. The molecule has 1 aliphatic heterocycles. The molecular formula is C14H25N3O. The summed E-state index contributed by atoms with van der Waals surface area (Å²) >= 11 is 0. The zero-order valence-corrected chi connectivity index (χ0v) is 11.8. The Morgan fingerprint density at radius 2 is 2.28 bits per heavy atom. The van der Waals surface area contributed by atoms with E-state index in [9.17, 15) is 0 Å². The Morgan fingerprint density at radius 3 is 2.89 bits per heavy atom. The highest BCUT2D eigenvalue weighted by molar-refractivity contribution is 5.06. The van der Waals surface area contributed by atoms with E-state index in [4.69, 9.17) is 10.2 Å². The lowest BCUT2D eigenvalue weighted by Crippen LogP contribution is -2.37. The van der Waals surface area contributed by atoms with Crippen LogP contribution < -0.4 is 5.73 Å². The van der Waals surface area contributed by atoms with Crippen molar-refractivity contribution in [2.45, 2.75) is 45.6 Å². The fourth-order valence-corrected chi connectivity index (χ4v) is 2.41. The minimum atomic E-state index is 0.0347. The third kappa shape index (κ3) is 3.33. The molecule has 0 saturated carbocycles. The molecular weight excluding hydrogens is 226 g/mol. The number of nitrogens with two attached hydrogens (primary N) is 1. The van der Waals surface area contributed by atoms with Gasteiger partial charge in [0.25, 0.3) is 0 Å². The lowest BCUT2D eigenvalue weighted by molar-refractivity contribution is 0.156. The Kier molecular flexibility index (Phi) is 4.07. The van der Waals surface area contributed by atoms with Crippen LogP contribution in [0.1, 0.15) is 45.3 Å². The monoisotopic (exact) mass is 251 g/mol. The van der Waals surface area contributed by atoms with Crippen molar-refractivity contribution in [2.24, 2.45) is 11.7 Å². The van der Waals surface area contributed by atoms with E-state index in [0.29, 0.717) is 5.92 Å². The van der Waals surface area contributed by atoms with Gasteiger partial charge in [0.15, 0.2) is 0 Å². The summed E-state index contributed by atoms with van der Waals surface area (Å²) in [6, 6.07) is 0. The lowest BCUT2D eigenvalue weighted by atomic mass is 9.94. The van der Waals surface area contributed by atoms with E-state index in [0.717, 1.165) is 37.8 Å². The number of nitrogens with zero attached hydrogens (tertiary/aromatic N) is 2. The maximum absolute atomic E-state index is 5.84. The molecule has 1 fully saturated rings. The predicted octanol–water partition coefficient (Wildman–Crippen LogP) is 2.14. The van der Waals surface area contributed by atoms with Gasteiger partial charge in [0.1, 0.15) is 5.76 Å². The van der Waals surface area contributed by atoms with Crippen LogP contribution in [0.5, 0.6) is 0 Å². The van der Waals surface area contributed by atoms with Gasteiger partial charge in [-0.15, -0.1) is 0 Å². The largest absolute Gasteiger partial charge is 0.444 e. The standard InChI is InChI=1S/C14H25N3O/c1-14(2,3)12-8-16-13(18-12)10-17-6-4-5-11(7-15)9-17/h8,11H,4-7,9-10,15H2,1-3H3. The van der Waals surface area contributed by atoms with Crippen LogP contribution >= 0.6 is 0 Å². The second-order valence-corrected chi connectivity index (χ2v) is 6.35. The highest BCUT2D eigenvalue weighted by Gasteiger charge is 2.22. The third-order valence-corrected chi connectivity index (χ3v) is 3.59. The second-order valence-electron chi connectivity index (χ2n) is 6.35. The molecule has 18 heavy (non-hydrogen) atoms. The molecule has 2 rings (SSSR count). The first kappa shape index (κ1) is 13.6. The predicted molar refractivity (Wildman–Crippen MR) is 72.3 cm³/mol. The molecule has 1 unspecified atom stereocenters. The van der Waals surface area contributed by atoms with Gasteiger partial charge in [-0.25, -0.2) is 4.98 Å². The molecule has 0 spiro atoms. The molecule has 102 valence electrons. The summed E-state index contributed by atoms with van der Waals surface area (Å²) in [5.41, 5.74) is 5.79. The molecule has 0 aromatic carbocycles. The minimum Gasteiger partial charge on any atom is -0.444 e. The van der Waals surface area contributed by atoms with Crippen molar-refractivity contribution in [2.75, 3.05) is 19.6 Å². The Hall–Kier alpha value is -0.870. The normalized spacial score (nSPS) is 22.3. The maximum Gasteiger partial charge on any atom is 0.208 e. The van der Waals surface area contributed by atoms with Crippen LogP contribution in [-0.4, -0.2) is 29.5 Å². The summed E-state index contributed by atoms with van der Waals surface area (Å²) in [5, 5.41) is 0. The summed E-state index contributed by atoms with van der Waals surface area (Å²) in [7, 11) is 0. The van der Waals surface area contributed by atoms with Crippen LogP contribution in [0.4, 0.5) is 0 Å². The van der Waals surface area contributed by atoms with E-state index >= 15 is 0 Å². The highest BCUT2D eigenvalue weighted by Crippen LogP contribution is 2.24. The Bertz CT molecular complexity index is 381. The van der Waals surface area contributed by atoms with Gasteiger partial charge in [-0.05, 0) is 31.8 Å². The van der Waals surface area contributed by atoms with Gasteiger partial charge in [-0.2, -0.15) is 0 Å². The smallest absolute Gasteiger partial charge is 0.208 e. The average molecular weight is 251 g/mol. The van der Waals surface area contributed by atoms with E-state index in [-0.39, 0.29) is 5.41 Å². The maximum atomic E-state index is 5.84. The zero-order chi connectivity index (χ0) is 13.2. The molecule has 0 radical (unpaired) electrons. The fourth-order valence-electron chi connectivity index (χ4n) is 2.41. The zero-order valence-electron chi connectivity index (χ0n) is 11.8. The van der Waals surface area contributed by atoms with E-state index in [1.54, 1.807) is 0 Å². The number of rotatable bonds is 3. The number of likely N-dealkylation sites (tertiary alicyclic amines) is 1. The topological polar surface area (TPSA) is 55.3 Å². The van der Waals surface area contributed by atoms with E-state index in [1.165, 1.54) is 12.8 Å². The van der Waals surface area contributed by atoms with Gasteiger partial charge in [0.05, 0.1) is 12.7 Å². The number of oxazole rings is 1. The molecule has 0 aliphatic carbocycles. The minimum absolute atomic E-state index is 0.0347. The van der Waals surface area contributed by atoms with Crippen LogP contribution in [0.25, 0.3) is 0 Å². The molecule has 4 heteroatoms. The van der Waals surface area contributed by atoms with Gasteiger partial charge < -0.3 is 10.2 Å². The molecule has 0 amide bonds. The van der Waals surface area contributed by atoms with Crippen LogP contribution in [0.2, 0.25) is 0 Å². The number of aromatic nitrogens is 1. The van der Waals surface area contributed by atoms with Crippen molar-refractivity contribution in [3.63, 3.8) is 0 Å². The van der Waals surface area contributed by atoms with Gasteiger partial charge in [-0.3, -0.25) is 4.90 Å². The van der Waals surface area contributed by atoms with E-state index in [1.807, 2.05) is 6.20 Å². The molecule has 4 nitrogen and oxygen atoms in total. The number of hydrogen-bond donors (Lipinski definition) is 1. The molecule has 2 N–H and O–H groups in total. The molecule has 0 bridgehead atoms.